The van der Waals surface area contributed by atoms with Crippen molar-refractivity contribution in [2.75, 3.05) is 24.7 Å². The quantitative estimate of drug-likeness (QED) is 0.497. The number of hydrogen-bond donors (Lipinski definition) is 4. The fraction of sp³-hybridized carbons (Fsp3) is 0.462. The summed E-state index contributed by atoms with van der Waals surface area (Å²) in [6.07, 6.45) is -0.278. The van der Waals surface area contributed by atoms with Crippen LogP contribution in [0.2, 0.25) is 0 Å². The SMILES string of the molecule is C=CCO[C@@H]1[C@H](O)[C@@H](CO)O[C@H]1n1cnc2c(N)nc(N)nc21. The van der Waals surface area contributed by atoms with Gasteiger partial charge in [-0.3, -0.25) is 4.57 Å². The zero-order valence-electron chi connectivity index (χ0n) is 12.2. The van der Waals surface area contributed by atoms with Crippen molar-refractivity contribution in [3.05, 3.63) is 19.0 Å². The van der Waals surface area contributed by atoms with Gasteiger partial charge in [0.05, 0.1) is 19.5 Å². The second-order valence-electron chi connectivity index (χ2n) is 5.12. The smallest absolute Gasteiger partial charge is 0.224 e. The lowest BCUT2D eigenvalue weighted by molar-refractivity contribution is -0.0645. The number of nitrogens with two attached hydrogens (primary N) is 2. The lowest BCUT2D eigenvalue weighted by Gasteiger charge is -2.21. The molecular weight excluding hydrogens is 304 g/mol. The third-order valence-electron chi connectivity index (χ3n) is 3.64. The second-order valence-corrected chi connectivity index (χ2v) is 5.12. The Hall–Kier alpha value is -2.27. The van der Waals surface area contributed by atoms with Gasteiger partial charge in [-0.05, 0) is 0 Å². The summed E-state index contributed by atoms with van der Waals surface area (Å²) in [6.45, 7) is 3.44. The Balaban J connectivity index is 2.03. The largest absolute Gasteiger partial charge is 0.394 e. The predicted octanol–water partition coefficient (Wildman–Crippen LogP) is -1.19. The summed E-state index contributed by atoms with van der Waals surface area (Å²) >= 11 is 0. The molecule has 1 aliphatic rings. The van der Waals surface area contributed by atoms with E-state index in [1.165, 1.54) is 6.33 Å². The van der Waals surface area contributed by atoms with Crippen LogP contribution >= 0.6 is 0 Å². The first-order valence-electron chi connectivity index (χ1n) is 6.99. The van der Waals surface area contributed by atoms with Crippen molar-refractivity contribution in [1.82, 2.24) is 19.5 Å². The molecule has 0 radical (unpaired) electrons. The summed E-state index contributed by atoms with van der Waals surface area (Å²) in [5, 5.41) is 19.6. The number of fused-ring (bicyclic) bond motifs is 1. The number of rotatable bonds is 5. The van der Waals surface area contributed by atoms with Crippen LogP contribution in [0.25, 0.3) is 11.2 Å². The average molecular weight is 322 g/mol. The summed E-state index contributed by atoms with van der Waals surface area (Å²) in [7, 11) is 0. The van der Waals surface area contributed by atoms with Gasteiger partial charge in [0.25, 0.3) is 0 Å². The first kappa shape index (κ1) is 15.6. The molecule has 10 nitrogen and oxygen atoms in total. The highest BCUT2D eigenvalue weighted by Crippen LogP contribution is 2.34. The van der Waals surface area contributed by atoms with Gasteiger partial charge in [-0.2, -0.15) is 9.97 Å². The maximum Gasteiger partial charge on any atom is 0.224 e. The standard InChI is InChI=1S/C13H18N6O4/c1-2-3-22-9-8(21)6(4-20)23-12(9)19-5-16-7-10(14)17-13(15)18-11(7)19/h2,5-6,8-9,12,20-21H,1,3-4H2,(H4,14,15,17,18)/t6-,8-,9-,12-/m1/s1. The van der Waals surface area contributed by atoms with Crippen molar-refractivity contribution in [1.29, 1.82) is 0 Å². The van der Waals surface area contributed by atoms with Gasteiger partial charge in [0.2, 0.25) is 5.95 Å². The van der Waals surface area contributed by atoms with Crippen molar-refractivity contribution in [3.8, 4) is 0 Å². The number of aromatic nitrogens is 4. The minimum absolute atomic E-state index is 0.00226. The van der Waals surface area contributed by atoms with Crippen molar-refractivity contribution in [3.63, 3.8) is 0 Å². The van der Waals surface area contributed by atoms with E-state index in [-0.39, 0.29) is 25.0 Å². The maximum absolute atomic E-state index is 10.3. The Morgan fingerprint density at radius 1 is 1.43 bits per heavy atom. The van der Waals surface area contributed by atoms with Gasteiger partial charge in [-0.1, -0.05) is 6.08 Å². The lowest BCUT2D eigenvalue weighted by atomic mass is 10.1. The Kier molecular flexibility index (Phi) is 4.13. The molecule has 1 saturated heterocycles. The molecule has 0 aliphatic carbocycles. The summed E-state index contributed by atoms with van der Waals surface area (Å²) < 4.78 is 12.8. The highest BCUT2D eigenvalue weighted by molar-refractivity contribution is 5.82. The Morgan fingerprint density at radius 3 is 2.91 bits per heavy atom. The first-order valence-corrected chi connectivity index (χ1v) is 6.99. The number of ether oxygens (including phenoxy) is 2. The number of hydrogen-bond acceptors (Lipinski definition) is 9. The molecule has 0 unspecified atom stereocenters. The van der Waals surface area contributed by atoms with E-state index in [0.717, 1.165) is 0 Å². The number of imidazole rings is 1. The monoisotopic (exact) mass is 322 g/mol. The van der Waals surface area contributed by atoms with E-state index in [4.69, 9.17) is 20.9 Å². The fourth-order valence-corrected chi connectivity index (χ4v) is 2.59. The molecule has 124 valence electrons. The molecule has 3 heterocycles. The second kappa shape index (κ2) is 6.08. The fourth-order valence-electron chi connectivity index (χ4n) is 2.59. The minimum Gasteiger partial charge on any atom is -0.394 e. The molecule has 2 aromatic rings. The molecule has 6 N–H and O–H groups in total. The van der Waals surface area contributed by atoms with Crippen LogP contribution in [0.4, 0.5) is 11.8 Å². The van der Waals surface area contributed by atoms with Crippen molar-refractivity contribution in [2.45, 2.75) is 24.5 Å². The molecule has 1 fully saturated rings. The van der Waals surface area contributed by atoms with Crippen LogP contribution in [0.3, 0.4) is 0 Å². The van der Waals surface area contributed by atoms with Gasteiger partial charge < -0.3 is 31.2 Å². The molecular formula is C13H18N6O4. The van der Waals surface area contributed by atoms with Gasteiger partial charge >= 0.3 is 0 Å². The van der Waals surface area contributed by atoms with Crippen molar-refractivity contribution in [2.24, 2.45) is 0 Å². The number of aliphatic hydroxyl groups is 2. The molecule has 0 bridgehead atoms. The van der Waals surface area contributed by atoms with Gasteiger partial charge in [-0.25, -0.2) is 4.98 Å². The first-order chi connectivity index (χ1) is 11.1. The number of anilines is 2. The van der Waals surface area contributed by atoms with E-state index in [1.807, 2.05) is 0 Å². The van der Waals surface area contributed by atoms with Crippen molar-refractivity contribution >= 4 is 22.9 Å². The molecule has 2 aromatic heterocycles. The van der Waals surface area contributed by atoms with Crippen LogP contribution < -0.4 is 11.5 Å². The van der Waals surface area contributed by atoms with E-state index >= 15 is 0 Å². The Labute approximate surface area is 131 Å². The van der Waals surface area contributed by atoms with Crippen LogP contribution in [0.1, 0.15) is 6.23 Å². The lowest BCUT2D eigenvalue weighted by Crippen LogP contribution is -2.35. The van der Waals surface area contributed by atoms with Crippen molar-refractivity contribution < 1.29 is 19.7 Å². The van der Waals surface area contributed by atoms with Gasteiger partial charge in [0.15, 0.2) is 17.7 Å². The maximum atomic E-state index is 10.3. The van der Waals surface area contributed by atoms with Crippen LogP contribution in [0, 0.1) is 0 Å². The third-order valence-corrected chi connectivity index (χ3v) is 3.64. The predicted molar refractivity (Wildman–Crippen MR) is 81.1 cm³/mol. The molecule has 0 aromatic carbocycles. The minimum atomic E-state index is -1.01. The van der Waals surface area contributed by atoms with Crippen LogP contribution in [-0.4, -0.2) is 61.3 Å². The summed E-state index contributed by atoms with van der Waals surface area (Å²) in [5.41, 5.74) is 12.1. The number of nitrogens with zero attached hydrogens (tertiary/aromatic N) is 4. The molecule has 0 spiro atoms. The Bertz CT molecular complexity index is 720. The molecule has 23 heavy (non-hydrogen) atoms. The zero-order valence-corrected chi connectivity index (χ0v) is 12.2. The molecule has 4 atom stereocenters. The normalized spacial score (nSPS) is 27.6. The van der Waals surface area contributed by atoms with Gasteiger partial charge in [-0.15, -0.1) is 6.58 Å². The summed E-state index contributed by atoms with van der Waals surface area (Å²) in [6, 6.07) is 0. The molecule has 0 saturated carbocycles. The molecule has 10 heteroatoms. The zero-order chi connectivity index (χ0) is 16.6. The van der Waals surface area contributed by atoms with Crippen LogP contribution in [0.15, 0.2) is 19.0 Å². The highest BCUT2D eigenvalue weighted by atomic mass is 16.6. The van der Waals surface area contributed by atoms with E-state index in [9.17, 15) is 10.2 Å². The topological polar surface area (TPSA) is 155 Å². The number of nitrogen functional groups attached to an aromatic ring is 2. The third kappa shape index (κ3) is 2.61. The average Bonchev–Trinajstić information content (AvgIpc) is 3.06. The van der Waals surface area contributed by atoms with Gasteiger partial charge in [0.1, 0.15) is 23.8 Å². The number of aliphatic hydroxyl groups excluding tert-OH is 2. The van der Waals surface area contributed by atoms with E-state index < -0.39 is 24.5 Å². The van der Waals surface area contributed by atoms with E-state index in [1.54, 1.807) is 10.6 Å². The van der Waals surface area contributed by atoms with Crippen LogP contribution in [-0.2, 0) is 9.47 Å². The van der Waals surface area contributed by atoms with E-state index in [0.29, 0.717) is 11.2 Å². The molecule has 1 aliphatic heterocycles. The highest BCUT2D eigenvalue weighted by Gasteiger charge is 2.45. The van der Waals surface area contributed by atoms with Crippen LogP contribution in [0.5, 0.6) is 0 Å². The van der Waals surface area contributed by atoms with E-state index in [2.05, 4.69) is 21.5 Å². The van der Waals surface area contributed by atoms with Gasteiger partial charge in [0, 0.05) is 0 Å². The summed E-state index contributed by atoms with van der Waals surface area (Å²) in [5.74, 6) is 0.143. The summed E-state index contributed by atoms with van der Waals surface area (Å²) in [4.78, 5) is 12.1. The molecule has 0 amide bonds. The Morgan fingerprint density at radius 2 is 2.22 bits per heavy atom. The molecule has 3 rings (SSSR count).